The molecule has 8 N–H and O–H groups in total. The Morgan fingerprint density at radius 2 is 1.60 bits per heavy atom. The lowest BCUT2D eigenvalue weighted by molar-refractivity contribution is -0.307. The zero-order chi connectivity index (χ0) is 30.3. The molecule has 228 valence electrons. The van der Waals surface area contributed by atoms with Crippen molar-refractivity contribution >= 4 is 11.0 Å². The van der Waals surface area contributed by atoms with Gasteiger partial charge in [0, 0.05) is 23.8 Å². The van der Waals surface area contributed by atoms with Crippen molar-refractivity contribution in [2.24, 2.45) is 0 Å². The van der Waals surface area contributed by atoms with Crippen molar-refractivity contribution < 1.29 is 69.0 Å². The van der Waals surface area contributed by atoms with E-state index in [1.165, 1.54) is 37.4 Å². The summed E-state index contributed by atoms with van der Waals surface area (Å²) in [5.41, 5.74) is -0.249. The van der Waals surface area contributed by atoms with Crippen LogP contribution in [-0.4, -0.2) is 116 Å². The van der Waals surface area contributed by atoms with E-state index in [0.717, 1.165) is 6.07 Å². The summed E-state index contributed by atoms with van der Waals surface area (Å²) in [7, 11) is 1.35. The second-order valence-corrected chi connectivity index (χ2v) is 9.90. The first kappa shape index (κ1) is 30.0. The van der Waals surface area contributed by atoms with Crippen LogP contribution in [0, 0.1) is 0 Å². The Morgan fingerprint density at radius 3 is 2.31 bits per heavy atom. The fourth-order valence-electron chi connectivity index (χ4n) is 4.76. The van der Waals surface area contributed by atoms with E-state index in [0.29, 0.717) is 5.56 Å². The number of hydrogen-bond donors (Lipinski definition) is 8. The molecule has 15 nitrogen and oxygen atoms in total. The van der Waals surface area contributed by atoms with Crippen LogP contribution >= 0.6 is 0 Å². The van der Waals surface area contributed by atoms with Gasteiger partial charge in [-0.05, 0) is 17.7 Å². The Hall–Kier alpha value is -3.51. The number of rotatable bonds is 7. The molecule has 0 saturated carbocycles. The van der Waals surface area contributed by atoms with Gasteiger partial charge in [0.15, 0.2) is 17.8 Å². The van der Waals surface area contributed by atoms with E-state index in [4.69, 9.17) is 28.1 Å². The molecule has 2 aromatic carbocycles. The van der Waals surface area contributed by atoms with Gasteiger partial charge in [0.1, 0.15) is 59.8 Å². The molecule has 0 spiro atoms. The predicted octanol–water partition coefficient (Wildman–Crippen LogP) is -1.48. The zero-order valence-corrected chi connectivity index (χ0v) is 22.0. The third kappa shape index (κ3) is 5.74. The molecule has 3 unspecified atom stereocenters. The topological polar surface area (TPSA) is 238 Å². The highest BCUT2D eigenvalue weighted by Crippen LogP contribution is 2.41. The van der Waals surface area contributed by atoms with E-state index in [2.05, 4.69) is 0 Å². The number of fused-ring (bicyclic) bond motifs is 1. The fraction of sp³-hybridized carbons (Fsp3) is 0.444. The van der Waals surface area contributed by atoms with Crippen molar-refractivity contribution in [3.63, 3.8) is 0 Å². The van der Waals surface area contributed by atoms with Crippen LogP contribution in [0.5, 0.6) is 23.0 Å². The van der Waals surface area contributed by atoms with Crippen LogP contribution in [-0.2, 0) is 14.2 Å². The Kier molecular flexibility index (Phi) is 8.56. The molecule has 15 heteroatoms. The number of hydrogen-bond acceptors (Lipinski definition) is 15. The Bertz CT molecular complexity index is 1470. The van der Waals surface area contributed by atoms with Crippen molar-refractivity contribution in [1.82, 2.24) is 0 Å². The van der Waals surface area contributed by atoms with Crippen LogP contribution in [0.4, 0.5) is 0 Å². The molecular weight excluding hydrogens is 564 g/mol. The monoisotopic (exact) mass is 594 g/mol. The minimum Gasteiger partial charge on any atom is -0.504 e. The molecule has 3 heterocycles. The lowest BCUT2D eigenvalue weighted by Gasteiger charge is -2.41. The molecule has 1 aromatic heterocycles. The Balaban J connectivity index is 1.47. The highest BCUT2D eigenvalue weighted by atomic mass is 16.7. The van der Waals surface area contributed by atoms with Gasteiger partial charge >= 0.3 is 5.63 Å². The average molecular weight is 595 g/mol. The van der Waals surface area contributed by atoms with Crippen molar-refractivity contribution in [1.29, 1.82) is 0 Å². The number of aliphatic hydroxyl groups excluding tert-OH is 6. The third-order valence-electron chi connectivity index (χ3n) is 7.09. The number of aliphatic hydroxyl groups is 6. The van der Waals surface area contributed by atoms with Crippen LogP contribution in [0.3, 0.4) is 0 Å². The predicted molar refractivity (Wildman–Crippen MR) is 139 cm³/mol. The van der Waals surface area contributed by atoms with E-state index in [9.17, 15) is 45.6 Å². The van der Waals surface area contributed by atoms with Gasteiger partial charge in [0.25, 0.3) is 0 Å². The second kappa shape index (κ2) is 12.0. The van der Waals surface area contributed by atoms with Crippen LogP contribution in [0.15, 0.2) is 45.6 Å². The number of benzene rings is 2. The van der Waals surface area contributed by atoms with Crippen molar-refractivity contribution in [3.8, 4) is 34.1 Å². The Morgan fingerprint density at radius 1 is 0.857 bits per heavy atom. The van der Waals surface area contributed by atoms with Gasteiger partial charge < -0.3 is 69.0 Å². The maximum Gasteiger partial charge on any atom is 0.336 e. The first-order valence-electron chi connectivity index (χ1n) is 12.8. The average Bonchev–Trinajstić information content (AvgIpc) is 2.97. The fourth-order valence-corrected chi connectivity index (χ4v) is 4.76. The van der Waals surface area contributed by atoms with E-state index in [1.54, 1.807) is 0 Å². The van der Waals surface area contributed by atoms with E-state index in [1.807, 2.05) is 0 Å². The molecule has 42 heavy (non-hydrogen) atoms. The maximum absolute atomic E-state index is 12.4. The smallest absolute Gasteiger partial charge is 0.336 e. The summed E-state index contributed by atoms with van der Waals surface area (Å²) in [5.74, 6) is -0.710. The number of phenolic OH excluding ortho intramolecular Hbond substituents is 2. The van der Waals surface area contributed by atoms with Crippen molar-refractivity contribution in [2.45, 2.75) is 55.3 Å². The highest BCUT2D eigenvalue weighted by molar-refractivity contribution is 5.98. The summed E-state index contributed by atoms with van der Waals surface area (Å²) < 4.78 is 32.9. The van der Waals surface area contributed by atoms with Crippen molar-refractivity contribution in [2.75, 3.05) is 20.3 Å². The van der Waals surface area contributed by atoms with Gasteiger partial charge in [0.2, 0.25) is 6.29 Å². The first-order valence-corrected chi connectivity index (χ1v) is 12.8. The molecule has 0 amide bonds. The molecule has 2 aliphatic rings. The quantitative estimate of drug-likeness (QED) is 0.115. The number of methoxy groups -OCH3 is 1. The summed E-state index contributed by atoms with van der Waals surface area (Å²) in [5, 5.41) is 81.4. The first-order chi connectivity index (χ1) is 20.0. The molecule has 0 radical (unpaired) electrons. The highest BCUT2D eigenvalue weighted by Gasteiger charge is 2.46. The van der Waals surface area contributed by atoms with Crippen LogP contribution in [0.1, 0.15) is 0 Å². The number of aromatic hydroxyl groups is 2. The normalized spacial score (nSPS) is 31.6. The minimum atomic E-state index is -1.79. The van der Waals surface area contributed by atoms with Gasteiger partial charge in [-0.2, -0.15) is 0 Å². The lowest BCUT2D eigenvalue weighted by atomic mass is 9.98. The van der Waals surface area contributed by atoms with Crippen LogP contribution in [0.2, 0.25) is 0 Å². The standard InChI is InChI=1S/C27H30O15/c1-37-11-5-16-20(12(7-19(31)40-16)10-2-3-13(28)14(29)4-10)17(6-11)41-27-25(36)23(34)22(33)18(42-27)9-39-26-24(35)21(32)15(30)8-38-26/h2-7,15,18,21-30,32-36H,8-9H2,1H3/t15-,18?,21+,22-,23+,24?,25?,26+,27-/m1/s1. The molecule has 0 aliphatic carbocycles. The van der Waals surface area contributed by atoms with Gasteiger partial charge in [-0.3, -0.25) is 0 Å². The largest absolute Gasteiger partial charge is 0.504 e. The second-order valence-electron chi connectivity index (χ2n) is 9.90. The number of phenols is 2. The molecule has 2 fully saturated rings. The lowest BCUT2D eigenvalue weighted by Crippen LogP contribution is -2.61. The summed E-state index contributed by atoms with van der Waals surface area (Å²) in [4.78, 5) is 12.4. The van der Waals surface area contributed by atoms with E-state index >= 15 is 0 Å². The summed E-state index contributed by atoms with van der Waals surface area (Å²) in [6.45, 7) is -0.828. The van der Waals surface area contributed by atoms with Crippen molar-refractivity contribution in [3.05, 3.63) is 46.8 Å². The van der Waals surface area contributed by atoms with E-state index < -0.39 is 73.3 Å². The molecule has 0 bridgehead atoms. The molecule has 2 aliphatic heterocycles. The molecule has 3 aromatic rings. The molecule has 9 atom stereocenters. The van der Waals surface area contributed by atoms with E-state index in [-0.39, 0.29) is 40.4 Å². The van der Waals surface area contributed by atoms with Gasteiger partial charge in [-0.15, -0.1) is 0 Å². The van der Waals surface area contributed by atoms with Gasteiger partial charge in [-0.25, -0.2) is 4.79 Å². The number of ether oxygens (including phenoxy) is 5. The zero-order valence-electron chi connectivity index (χ0n) is 22.0. The minimum absolute atomic E-state index is 0.00522. The van der Waals surface area contributed by atoms with Gasteiger partial charge in [-0.1, -0.05) is 6.07 Å². The molecule has 2 saturated heterocycles. The summed E-state index contributed by atoms with van der Waals surface area (Å²) in [6.07, 6.45) is -14.1. The molecular formula is C27H30O15. The Labute approximate surface area is 236 Å². The van der Waals surface area contributed by atoms with Gasteiger partial charge in [0.05, 0.1) is 25.7 Å². The third-order valence-corrected chi connectivity index (χ3v) is 7.09. The summed E-state index contributed by atoms with van der Waals surface area (Å²) in [6, 6.07) is 7.80. The SMILES string of the molecule is COc1cc(O[C@@H]2OC(CO[C@@H]3OC[C@@H](O)[C@H](O)C3O)[C@@H](O)[C@H](O)C2O)c2c(-c3ccc(O)c(O)c3)cc(=O)oc2c1. The van der Waals surface area contributed by atoms with Crippen LogP contribution in [0.25, 0.3) is 22.1 Å². The summed E-state index contributed by atoms with van der Waals surface area (Å²) >= 11 is 0. The molecule has 5 rings (SSSR count). The maximum atomic E-state index is 12.4. The van der Waals surface area contributed by atoms with Crippen LogP contribution < -0.4 is 15.1 Å².